The van der Waals surface area contributed by atoms with E-state index in [1.807, 2.05) is 48.9 Å². The van der Waals surface area contributed by atoms with E-state index < -0.39 is 0 Å². The molecule has 152 valence electrons. The van der Waals surface area contributed by atoms with E-state index in [-0.39, 0.29) is 17.4 Å². The Morgan fingerprint density at radius 3 is 2.34 bits per heavy atom. The van der Waals surface area contributed by atoms with E-state index in [2.05, 4.69) is 60.6 Å². The lowest BCUT2D eigenvalue weighted by molar-refractivity contribution is -0.119. The highest BCUT2D eigenvalue weighted by Crippen LogP contribution is 2.27. The minimum atomic E-state index is -0.0271. The van der Waals surface area contributed by atoms with Crippen molar-refractivity contribution in [2.24, 2.45) is 7.05 Å². The Hall–Kier alpha value is -2.60. The zero-order valence-corrected chi connectivity index (χ0v) is 18.5. The summed E-state index contributed by atoms with van der Waals surface area (Å²) in [6.07, 6.45) is 0. The maximum absolute atomic E-state index is 12.3. The van der Waals surface area contributed by atoms with Crippen molar-refractivity contribution in [2.75, 3.05) is 5.75 Å². The number of rotatable bonds is 6. The monoisotopic (exact) mass is 408 g/mol. The third kappa shape index (κ3) is 5.26. The molecule has 0 fully saturated rings. The van der Waals surface area contributed by atoms with Gasteiger partial charge in [-0.2, -0.15) is 0 Å². The van der Waals surface area contributed by atoms with Gasteiger partial charge in [-0.05, 0) is 23.5 Å². The summed E-state index contributed by atoms with van der Waals surface area (Å²) in [5.74, 6) is 1.07. The normalized spacial score (nSPS) is 12.6. The van der Waals surface area contributed by atoms with E-state index in [0.29, 0.717) is 5.75 Å². The highest BCUT2D eigenvalue weighted by Gasteiger charge is 2.16. The zero-order valence-electron chi connectivity index (χ0n) is 17.6. The standard InChI is InChI=1S/C23H28N4OS/c1-16(17-9-7-6-8-10-17)24-20(28)15-29-22-26-25-21(27(22)5)18-11-13-19(14-12-18)23(2,3)4/h6-14,16H,15H2,1-5H3,(H,24,28). The summed E-state index contributed by atoms with van der Waals surface area (Å²) in [5, 5.41) is 12.3. The van der Waals surface area contributed by atoms with Crippen LogP contribution in [-0.4, -0.2) is 26.4 Å². The van der Waals surface area contributed by atoms with Gasteiger partial charge in [0, 0.05) is 12.6 Å². The summed E-state index contributed by atoms with van der Waals surface area (Å²) in [6.45, 7) is 8.58. The van der Waals surface area contributed by atoms with Crippen molar-refractivity contribution < 1.29 is 4.79 Å². The predicted octanol–water partition coefficient (Wildman–Crippen LogP) is 4.75. The van der Waals surface area contributed by atoms with Crippen molar-refractivity contribution in [1.29, 1.82) is 0 Å². The van der Waals surface area contributed by atoms with Crippen LogP contribution in [0.4, 0.5) is 0 Å². The molecule has 0 aliphatic carbocycles. The number of benzene rings is 2. The molecule has 5 nitrogen and oxygen atoms in total. The quantitative estimate of drug-likeness (QED) is 0.598. The van der Waals surface area contributed by atoms with Gasteiger partial charge in [-0.1, -0.05) is 87.1 Å². The average molecular weight is 409 g/mol. The number of hydrogen-bond acceptors (Lipinski definition) is 4. The SMILES string of the molecule is CC(NC(=O)CSc1nnc(-c2ccc(C(C)(C)C)cc2)n1C)c1ccccc1. The van der Waals surface area contributed by atoms with Crippen LogP contribution >= 0.6 is 11.8 Å². The third-order valence-corrected chi connectivity index (χ3v) is 5.87. The fourth-order valence-electron chi connectivity index (χ4n) is 3.05. The molecule has 0 spiro atoms. The first-order valence-corrected chi connectivity index (χ1v) is 10.7. The van der Waals surface area contributed by atoms with E-state index >= 15 is 0 Å². The van der Waals surface area contributed by atoms with E-state index in [1.54, 1.807) is 0 Å². The van der Waals surface area contributed by atoms with Gasteiger partial charge in [0.25, 0.3) is 0 Å². The molecule has 1 N–H and O–H groups in total. The highest BCUT2D eigenvalue weighted by molar-refractivity contribution is 7.99. The number of carbonyl (C=O) groups excluding carboxylic acids is 1. The van der Waals surface area contributed by atoms with Crippen LogP contribution in [0.1, 0.15) is 44.9 Å². The molecule has 3 rings (SSSR count). The maximum atomic E-state index is 12.3. The van der Waals surface area contributed by atoms with Gasteiger partial charge >= 0.3 is 0 Å². The van der Waals surface area contributed by atoms with E-state index in [1.165, 1.54) is 17.3 Å². The van der Waals surface area contributed by atoms with Gasteiger partial charge < -0.3 is 9.88 Å². The van der Waals surface area contributed by atoms with Crippen molar-refractivity contribution in [1.82, 2.24) is 20.1 Å². The molecule has 1 amide bonds. The molecular weight excluding hydrogens is 380 g/mol. The van der Waals surface area contributed by atoms with Gasteiger partial charge in [0.1, 0.15) is 0 Å². The van der Waals surface area contributed by atoms with Gasteiger partial charge in [0.15, 0.2) is 11.0 Å². The van der Waals surface area contributed by atoms with Crippen molar-refractivity contribution in [3.8, 4) is 11.4 Å². The minimum absolute atomic E-state index is 0.0227. The molecule has 3 aromatic rings. The zero-order chi connectivity index (χ0) is 21.0. The first-order chi connectivity index (χ1) is 13.8. The molecule has 2 aromatic carbocycles. The minimum Gasteiger partial charge on any atom is -0.349 e. The molecule has 1 aromatic heterocycles. The van der Waals surface area contributed by atoms with Gasteiger partial charge in [-0.25, -0.2) is 0 Å². The summed E-state index contributed by atoms with van der Waals surface area (Å²) in [7, 11) is 1.93. The number of nitrogens with one attached hydrogen (secondary N) is 1. The molecule has 0 aliphatic rings. The smallest absolute Gasteiger partial charge is 0.230 e. The summed E-state index contributed by atoms with van der Waals surface area (Å²) in [5.41, 5.74) is 3.50. The lowest BCUT2D eigenvalue weighted by atomic mass is 9.87. The molecule has 0 aliphatic heterocycles. The second-order valence-electron chi connectivity index (χ2n) is 8.18. The third-order valence-electron chi connectivity index (χ3n) is 4.85. The first kappa shape index (κ1) is 21.1. The largest absolute Gasteiger partial charge is 0.349 e. The van der Waals surface area contributed by atoms with Gasteiger partial charge in [-0.15, -0.1) is 10.2 Å². The Balaban J connectivity index is 1.62. The summed E-state index contributed by atoms with van der Waals surface area (Å²) in [4.78, 5) is 12.3. The second-order valence-corrected chi connectivity index (χ2v) is 9.12. The van der Waals surface area contributed by atoms with E-state index in [4.69, 9.17) is 0 Å². The molecule has 1 atom stereocenters. The molecule has 1 heterocycles. The maximum Gasteiger partial charge on any atom is 0.230 e. The van der Waals surface area contributed by atoms with Crippen LogP contribution in [0.2, 0.25) is 0 Å². The molecule has 1 unspecified atom stereocenters. The molecule has 0 saturated carbocycles. The fraction of sp³-hybridized carbons (Fsp3) is 0.348. The van der Waals surface area contributed by atoms with Crippen LogP contribution < -0.4 is 5.32 Å². The van der Waals surface area contributed by atoms with Crippen LogP contribution in [0.5, 0.6) is 0 Å². The Labute approximate surface area is 176 Å². The van der Waals surface area contributed by atoms with Crippen LogP contribution in [-0.2, 0) is 17.3 Å². The topological polar surface area (TPSA) is 59.8 Å². The van der Waals surface area contributed by atoms with Gasteiger partial charge in [0.05, 0.1) is 11.8 Å². The van der Waals surface area contributed by atoms with Crippen LogP contribution in [0.3, 0.4) is 0 Å². The van der Waals surface area contributed by atoms with Crippen molar-refractivity contribution in [3.05, 3.63) is 65.7 Å². The molecule has 6 heteroatoms. The average Bonchev–Trinajstić information content (AvgIpc) is 3.07. The summed E-state index contributed by atoms with van der Waals surface area (Å²) in [6, 6.07) is 18.3. The van der Waals surface area contributed by atoms with Crippen molar-refractivity contribution in [2.45, 2.75) is 44.3 Å². The van der Waals surface area contributed by atoms with Crippen LogP contribution in [0, 0.1) is 0 Å². The number of aromatic nitrogens is 3. The van der Waals surface area contributed by atoms with E-state index in [0.717, 1.165) is 22.1 Å². The highest BCUT2D eigenvalue weighted by atomic mass is 32.2. The first-order valence-electron chi connectivity index (χ1n) is 9.73. The Morgan fingerprint density at radius 1 is 1.07 bits per heavy atom. The summed E-state index contributed by atoms with van der Waals surface area (Å²) < 4.78 is 1.94. The Morgan fingerprint density at radius 2 is 1.72 bits per heavy atom. The number of amides is 1. The van der Waals surface area contributed by atoms with Crippen molar-refractivity contribution in [3.63, 3.8) is 0 Å². The molecule has 29 heavy (non-hydrogen) atoms. The molecular formula is C23H28N4OS. The van der Waals surface area contributed by atoms with E-state index in [9.17, 15) is 4.79 Å². The number of carbonyl (C=O) groups is 1. The lowest BCUT2D eigenvalue weighted by Crippen LogP contribution is -2.28. The number of nitrogens with zero attached hydrogens (tertiary/aromatic N) is 3. The van der Waals surface area contributed by atoms with Crippen molar-refractivity contribution >= 4 is 17.7 Å². The summed E-state index contributed by atoms with van der Waals surface area (Å²) >= 11 is 1.39. The number of thioether (sulfide) groups is 1. The number of hydrogen-bond donors (Lipinski definition) is 1. The Kier molecular flexibility index (Phi) is 6.42. The second kappa shape index (κ2) is 8.82. The Bertz CT molecular complexity index is 959. The van der Waals surface area contributed by atoms with Crippen LogP contribution in [0.25, 0.3) is 11.4 Å². The van der Waals surface area contributed by atoms with Gasteiger partial charge in [-0.3, -0.25) is 4.79 Å². The lowest BCUT2D eigenvalue weighted by Gasteiger charge is -2.19. The fourth-order valence-corrected chi connectivity index (χ4v) is 3.77. The van der Waals surface area contributed by atoms with Crippen LogP contribution in [0.15, 0.2) is 59.8 Å². The molecule has 0 bridgehead atoms. The molecule has 0 saturated heterocycles. The predicted molar refractivity (Wildman–Crippen MR) is 119 cm³/mol. The van der Waals surface area contributed by atoms with Gasteiger partial charge in [0.2, 0.25) is 5.91 Å². The molecule has 0 radical (unpaired) electrons.